The Morgan fingerprint density at radius 3 is 1.67 bits per heavy atom. The van der Waals surface area contributed by atoms with Gasteiger partial charge in [-0.1, -0.05) is 0 Å². The van der Waals surface area contributed by atoms with E-state index in [1.165, 1.54) is 6.42 Å². The SMILES string of the molecule is NC(=O)N/N=C1/C[C@H]2[C@H]3C/C(=N\NC(N)=O)[C@H]4[C@H]3C[C@H]2[C@H]14. The molecule has 4 saturated carbocycles. The van der Waals surface area contributed by atoms with Crippen molar-refractivity contribution in [1.82, 2.24) is 10.9 Å². The van der Waals surface area contributed by atoms with Gasteiger partial charge in [0.15, 0.2) is 0 Å². The molecule has 0 aromatic carbocycles. The Bertz CT molecular complexity index is 531. The number of carbonyl (C=O) groups excluding carboxylic acids is 2. The Labute approximate surface area is 121 Å². The van der Waals surface area contributed by atoms with Gasteiger partial charge in [0.05, 0.1) is 0 Å². The number of nitrogens with two attached hydrogens (primary N) is 2. The number of amides is 4. The number of nitrogens with zero attached hydrogens (tertiary/aromatic N) is 2. The van der Waals surface area contributed by atoms with Gasteiger partial charge in [0.1, 0.15) is 0 Å². The van der Waals surface area contributed by atoms with E-state index in [9.17, 15) is 9.59 Å². The van der Waals surface area contributed by atoms with E-state index in [1.54, 1.807) is 0 Å². The lowest BCUT2D eigenvalue weighted by molar-refractivity contribution is 0.241. The van der Waals surface area contributed by atoms with Crippen LogP contribution in [0.3, 0.4) is 0 Å². The van der Waals surface area contributed by atoms with Gasteiger partial charge in [-0.2, -0.15) is 10.2 Å². The second-order valence-corrected chi connectivity index (χ2v) is 6.51. The van der Waals surface area contributed by atoms with E-state index in [0.717, 1.165) is 24.3 Å². The summed E-state index contributed by atoms with van der Waals surface area (Å²) in [5.41, 5.74) is 17.0. The summed E-state index contributed by atoms with van der Waals surface area (Å²) in [6, 6.07) is -1.27. The Balaban J connectivity index is 1.63. The lowest BCUT2D eigenvalue weighted by Crippen LogP contribution is -2.32. The number of rotatable bonds is 2. The highest BCUT2D eigenvalue weighted by Gasteiger charge is 2.67. The molecule has 8 heteroatoms. The van der Waals surface area contributed by atoms with Gasteiger partial charge in [-0.3, -0.25) is 0 Å². The first-order chi connectivity index (χ1) is 10.1. The summed E-state index contributed by atoms with van der Waals surface area (Å²) in [6.45, 7) is 0. The summed E-state index contributed by atoms with van der Waals surface area (Å²) in [7, 11) is 0. The highest BCUT2D eigenvalue weighted by atomic mass is 16.2. The van der Waals surface area contributed by atoms with Crippen molar-refractivity contribution in [1.29, 1.82) is 0 Å². The molecule has 2 bridgehead atoms. The van der Waals surface area contributed by atoms with Gasteiger partial charge < -0.3 is 11.5 Å². The van der Waals surface area contributed by atoms with Crippen molar-refractivity contribution in [2.75, 3.05) is 0 Å². The molecule has 0 saturated heterocycles. The molecule has 4 amide bonds. The van der Waals surface area contributed by atoms with Gasteiger partial charge >= 0.3 is 12.1 Å². The van der Waals surface area contributed by atoms with Crippen LogP contribution in [-0.2, 0) is 0 Å². The summed E-state index contributed by atoms with van der Waals surface area (Å²) in [5, 5.41) is 8.43. The molecule has 8 nitrogen and oxygen atoms in total. The first kappa shape index (κ1) is 12.6. The first-order valence-electron chi connectivity index (χ1n) is 7.30. The number of fused-ring (bicyclic) bond motifs is 2. The molecule has 0 aliphatic heterocycles. The number of hydrogen-bond acceptors (Lipinski definition) is 4. The van der Waals surface area contributed by atoms with Crippen LogP contribution in [0.1, 0.15) is 19.3 Å². The van der Waals surface area contributed by atoms with E-state index >= 15 is 0 Å². The third-order valence-electron chi connectivity index (χ3n) is 5.78. The first-order valence-corrected chi connectivity index (χ1v) is 7.30. The summed E-state index contributed by atoms with van der Waals surface area (Å²) >= 11 is 0. The largest absolute Gasteiger partial charge is 0.350 e. The number of hydrogen-bond donors (Lipinski definition) is 4. The van der Waals surface area contributed by atoms with E-state index in [4.69, 9.17) is 11.5 Å². The van der Waals surface area contributed by atoms with E-state index in [1.807, 2.05) is 0 Å². The molecule has 112 valence electrons. The van der Waals surface area contributed by atoms with Crippen LogP contribution in [0.2, 0.25) is 0 Å². The van der Waals surface area contributed by atoms with Crippen LogP contribution in [0.15, 0.2) is 10.2 Å². The summed E-state index contributed by atoms with van der Waals surface area (Å²) in [5.74, 6) is 3.20. The molecule has 0 heterocycles. The van der Waals surface area contributed by atoms with Crippen molar-refractivity contribution in [3.8, 4) is 0 Å². The zero-order chi connectivity index (χ0) is 14.7. The number of hydrazone groups is 2. The molecule has 4 fully saturated rings. The summed E-state index contributed by atoms with van der Waals surface area (Å²) in [4.78, 5) is 21.7. The monoisotopic (exact) mass is 290 g/mol. The Hall–Kier alpha value is -2.12. The van der Waals surface area contributed by atoms with Gasteiger partial charge in [0.25, 0.3) is 0 Å². The number of primary amides is 2. The van der Waals surface area contributed by atoms with Crippen molar-refractivity contribution in [3.63, 3.8) is 0 Å². The zero-order valence-electron chi connectivity index (χ0n) is 11.5. The summed E-state index contributed by atoms with van der Waals surface area (Å²) in [6.07, 6.45) is 3.10. The lowest BCUT2D eigenvalue weighted by atomic mass is 9.79. The topological polar surface area (TPSA) is 135 Å². The molecular weight excluding hydrogens is 272 g/mol. The van der Waals surface area contributed by atoms with Gasteiger partial charge in [-0.25, -0.2) is 20.4 Å². The van der Waals surface area contributed by atoms with E-state index in [-0.39, 0.29) is 0 Å². The molecule has 4 aliphatic carbocycles. The molecular formula is C13H18N6O2. The van der Waals surface area contributed by atoms with Crippen LogP contribution >= 0.6 is 0 Å². The van der Waals surface area contributed by atoms with E-state index in [2.05, 4.69) is 21.1 Å². The second kappa shape index (κ2) is 4.19. The minimum Gasteiger partial charge on any atom is -0.350 e. The van der Waals surface area contributed by atoms with Crippen molar-refractivity contribution in [2.24, 2.45) is 57.2 Å². The maximum atomic E-state index is 10.9. The molecule has 0 unspecified atom stereocenters. The van der Waals surface area contributed by atoms with Crippen LogP contribution < -0.4 is 22.3 Å². The average molecular weight is 290 g/mol. The van der Waals surface area contributed by atoms with Crippen molar-refractivity contribution >= 4 is 23.5 Å². The predicted molar refractivity (Wildman–Crippen MR) is 75.1 cm³/mol. The third kappa shape index (κ3) is 1.68. The number of urea groups is 2. The Kier molecular flexibility index (Phi) is 2.51. The van der Waals surface area contributed by atoms with E-state index in [0.29, 0.717) is 35.5 Å². The van der Waals surface area contributed by atoms with Crippen LogP contribution in [0.4, 0.5) is 9.59 Å². The standard InChI is InChI=1S/C13H18N6O2/c14-12(20)18-16-8-2-4-5-3-9(17-19-13(15)21)11-7(5)1-6(4)10(8)11/h4-7,10-11H,1-3H2,(H3,14,18,20)(H3,15,19,21)/b16-8-,17-9+/t4-,5+,6+,7-,10+,11+/m0/s1. The second-order valence-electron chi connectivity index (χ2n) is 6.51. The minimum atomic E-state index is -0.634. The third-order valence-corrected chi connectivity index (χ3v) is 5.78. The fourth-order valence-corrected chi connectivity index (χ4v) is 5.42. The van der Waals surface area contributed by atoms with Crippen LogP contribution in [0, 0.1) is 35.5 Å². The van der Waals surface area contributed by atoms with Gasteiger partial charge in [-0.15, -0.1) is 0 Å². The molecule has 4 aliphatic rings. The fraction of sp³-hybridized carbons (Fsp3) is 0.692. The van der Waals surface area contributed by atoms with Gasteiger partial charge in [0, 0.05) is 23.3 Å². The minimum absolute atomic E-state index is 0.332. The lowest BCUT2D eigenvalue weighted by Gasteiger charge is -2.24. The maximum absolute atomic E-state index is 10.9. The average Bonchev–Trinajstić information content (AvgIpc) is 3.03. The van der Waals surface area contributed by atoms with Crippen LogP contribution in [-0.4, -0.2) is 23.5 Å². The number of carbonyl (C=O) groups is 2. The fourth-order valence-electron chi connectivity index (χ4n) is 5.42. The Morgan fingerprint density at radius 2 is 1.29 bits per heavy atom. The van der Waals surface area contributed by atoms with Crippen molar-refractivity contribution in [3.05, 3.63) is 0 Å². The molecule has 4 rings (SSSR count). The van der Waals surface area contributed by atoms with Gasteiger partial charge in [0.2, 0.25) is 0 Å². The highest BCUT2D eigenvalue weighted by Crippen LogP contribution is 2.68. The molecule has 0 radical (unpaired) electrons. The summed E-state index contributed by atoms with van der Waals surface area (Å²) < 4.78 is 0. The maximum Gasteiger partial charge on any atom is 0.332 e. The normalized spacial score (nSPS) is 45.5. The molecule has 0 aromatic heterocycles. The predicted octanol–water partition coefficient (Wildman–Crippen LogP) is -0.0431. The molecule has 6 atom stereocenters. The van der Waals surface area contributed by atoms with Crippen molar-refractivity contribution < 1.29 is 9.59 Å². The molecule has 0 aromatic rings. The number of nitrogens with one attached hydrogen (secondary N) is 2. The van der Waals surface area contributed by atoms with Crippen LogP contribution in [0.5, 0.6) is 0 Å². The highest BCUT2D eigenvalue weighted by molar-refractivity contribution is 6.01. The van der Waals surface area contributed by atoms with Gasteiger partial charge in [-0.05, 0) is 42.9 Å². The van der Waals surface area contributed by atoms with Crippen LogP contribution in [0.25, 0.3) is 0 Å². The molecule has 6 N–H and O–H groups in total. The molecule has 0 spiro atoms. The smallest absolute Gasteiger partial charge is 0.332 e. The van der Waals surface area contributed by atoms with Crippen molar-refractivity contribution in [2.45, 2.75) is 19.3 Å². The quantitative estimate of drug-likeness (QED) is 0.531. The Morgan fingerprint density at radius 1 is 0.857 bits per heavy atom. The molecule has 21 heavy (non-hydrogen) atoms. The van der Waals surface area contributed by atoms with E-state index < -0.39 is 12.1 Å². The zero-order valence-corrected chi connectivity index (χ0v) is 11.5.